The molecular weight excluding hydrogens is 438 g/mol. The Balaban J connectivity index is 2.19. The molecule has 0 aliphatic carbocycles. The summed E-state index contributed by atoms with van der Waals surface area (Å²) in [6.45, 7) is 0. The van der Waals surface area contributed by atoms with Crippen molar-refractivity contribution in [1.82, 2.24) is 4.98 Å². The van der Waals surface area contributed by atoms with E-state index in [1.54, 1.807) is 0 Å². The van der Waals surface area contributed by atoms with Gasteiger partial charge in [0.1, 0.15) is 5.69 Å². The van der Waals surface area contributed by atoms with Crippen LogP contribution in [0.2, 0.25) is 10.0 Å². The number of halogens is 5. The fraction of sp³-hybridized carbons (Fsp3) is 0.0556. The second-order valence-electron chi connectivity index (χ2n) is 5.50. The van der Waals surface area contributed by atoms with E-state index in [9.17, 15) is 27.9 Å². The van der Waals surface area contributed by atoms with Crippen molar-refractivity contribution in [2.75, 3.05) is 0 Å². The molecule has 1 N–H and O–H groups in total. The number of carboxylic acid groups (broad SMARTS) is 1. The lowest BCUT2D eigenvalue weighted by atomic mass is 10.0. The van der Waals surface area contributed by atoms with Gasteiger partial charge in [0.25, 0.3) is 6.43 Å². The summed E-state index contributed by atoms with van der Waals surface area (Å²) < 4.78 is 42.1. The minimum atomic E-state index is -3.34. The first-order valence-electron chi connectivity index (χ1n) is 7.49. The molecule has 2 heterocycles. The number of nitrogens with zero attached hydrogens (tertiary/aromatic N) is 1. The van der Waals surface area contributed by atoms with Gasteiger partial charge in [-0.3, -0.25) is 9.78 Å². The van der Waals surface area contributed by atoms with Gasteiger partial charge in [-0.2, -0.15) is 0 Å². The van der Waals surface area contributed by atoms with Gasteiger partial charge in [-0.05, 0) is 35.2 Å². The van der Waals surface area contributed by atoms with E-state index in [0.717, 1.165) is 29.7 Å². The third-order valence-corrected chi connectivity index (χ3v) is 5.12. The van der Waals surface area contributed by atoms with Crippen LogP contribution < -0.4 is 0 Å². The maximum absolute atomic E-state index is 14.9. The summed E-state index contributed by atoms with van der Waals surface area (Å²) in [7, 11) is 0. The highest BCUT2D eigenvalue weighted by Crippen LogP contribution is 2.34. The van der Waals surface area contributed by atoms with Crippen molar-refractivity contribution in [3.05, 3.63) is 68.5 Å². The third-order valence-electron chi connectivity index (χ3n) is 3.77. The van der Waals surface area contributed by atoms with Crippen LogP contribution in [0.4, 0.5) is 13.2 Å². The average molecular weight is 446 g/mol. The molecule has 4 nitrogen and oxygen atoms in total. The Hall–Kier alpha value is -2.42. The van der Waals surface area contributed by atoms with Crippen LogP contribution in [0.25, 0.3) is 15.7 Å². The Morgan fingerprint density at radius 3 is 2.36 bits per heavy atom. The van der Waals surface area contributed by atoms with E-state index in [0.29, 0.717) is 0 Å². The van der Waals surface area contributed by atoms with Crippen LogP contribution in [-0.2, 0) is 0 Å². The smallest absolute Gasteiger partial charge is 0.337 e. The van der Waals surface area contributed by atoms with Crippen molar-refractivity contribution < 1.29 is 27.9 Å². The maximum atomic E-state index is 14.9. The van der Waals surface area contributed by atoms with Gasteiger partial charge in [0.2, 0.25) is 5.78 Å². The average Bonchev–Trinajstić information content (AvgIpc) is 3.08. The fourth-order valence-corrected chi connectivity index (χ4v) is 4.01. The van der Waals surface area contributed by atoms with Crippen LogP contribution >= 0.6 is 34.5 Å². The second-order valence-corrected chi connectivity index (χ2v) is 7.29. The topological polar surface area (TPSA) is 67.3 Å². The van der Waals surface area contributed by atoms with Gasteiger partial charge in [0.05, 0.1) is 15.8 Å². The molecule has 0 aliphatic heterocycles. The highest BCUT2D eigenvalue weighted by atomic mass is 35.5. The Morgan fingerprint density at radius 1 is 1.14 bits per heavy atom. The SMILES string of the molecule is O=C(O)c1cnc(C(=O)/C(F)=C(\c2cc(Cl)cc(Cl)c2)C(F)F)c2sccc12. The van der Waals surface area contributed by atoms with Gasteiger partial charge in [-0.25, -0.2) is 18.0 Å². The monoisotopic (exact) mass is 445 g/mol. The van der Waals surface area contributed by atoms with Crippen LogP contribution in [0.3, 0.4) is 0 Å². The number of allylic oxidation sites excluding steroid dienone is 2. The first-order valence-corrected chi connectivity index (χ1v) is 9.12. The zero-order valence-corrected chi connectivity index (χ0v) is 15.9. The maximum Gasteiger partial charge on any atom is 0.337 e. The Labute approximate surface area is 169 Å². The van der Waals surface area contributed by atoms with Gasteiger partial charge < -0.3 is 5.11 Å². The number of pyridine rings is 1. The van der Waals surface area contributed by atoms with Crippen molar-refractivity contribution in [1.29, 1.82) is 0 Å². The zero-order chi connectivity index (χ0) is 20.6. The van der Waals surface area contributed by atoms with Crippen molar-refractivity contribution in [2.45, 2.75) is 6.43 Å². The number of carbonyl (C=O) groups is 2. The number of carboxylic acids is 1. The van der Waals surface area contributed by atoms with Gasteiger partial charge in [0.15, 0.2) is 5.83 Å². The molecule has 1 aromatic carbocycles. The largest absolute Gasteiger partial charge is 0.478 e. The first kappa shape index (κ1) is 20.3. The first-order chi connectivity index (χ1) is 13.2. The molecule has 2 aromatic heterocycles. The number of hydrogen-bond acceptors (Lipinski definition) is 4. The van der Waals surface area contributed by atoms with Crippen molar-refractivity contribution in [3.8, 4) is 0 Å². The molecule has 0 amide bonds. The van der Waals surface area contributed by atoms with Gasteiger partial charge in [-0.1, -0.05) is 23.2 Å². The number of rotatable bonds is 5. The van der Waals surface area contributed by atoms with E-state index in [1.807, 2.05) is 0 Å². The van der Waals surface area contributed by atoms with E-state index >= 15 is 0 Å². The van der Waals surface area contributed by atoms with Crippen molar-refractivity contribution in [2.24, 2.45) is 0 Å². The highest BCUT2D eigenvalue weighted by molar-refractivity contribution is 7.17. The number of benzene rings is 1. The molecule has 0 atom stereocenters. The van der Waals surface area contributed by atoms with Gasteiger partial charge in [-0.15, -0.1) is 11.3 Å². The number of ketones is 1. The normalized spacial score (nSPS) is 12.4. The molecule has 3 aromatic rings. The van der Waals surface area contributed by atoms with Crippen LogP contribution in [-0.4, -0.2) is 28.3 Å². The summed E-state index contributed by atoms with van der Waals surface area (Å²) in [5.74, 6) is -4.40. The molecule has 0 saturated heterocycles. The molecule has 0 unspecified atom stereocenters. The molecule has 0 radical (unpaired) electrons. The Morgan fingerprint density at radius 2 is 1.79 bits per heavy atom. The predicted molar refractivity (Wildman–Crippen MR) is 101 cm³/mol. The summed E-state index contributed by atoms with van der Waals surface area (Å²) in [6.07, 6.45) is -2.45. The lowest BCUT2D eigenvalue weighted by Gasteiger charge is -2.10. The van der Waals surface area contributed by atoms with E-state index in [4.69, 9.17) is 23.2 Å². The minimum absolute atomic E-state index is 0.00881. The van der Waals surface area contributed by atoms with Gasteiger partial charge >= 0.3 is 5.97 Å². The number of thiophene rings is 1. The molecule has 0 bridgehead atoms. The van der Waals surface area contributed by atoms with Crippen LogP contribution in [0.5, 0.6) is 0 Å². The number of carbonyl (C=O) groups excluding carboxylic acids is 1. The van der Waals surface area contributed by atoms with Crippen molar-refractivity contribution in [3.63, 3.8) is 0 Å². The summed E-state index contributed by atoms with van der Waals surface area (Å²) in [5, 5.41) is 10.8. The Kier molecular flexibility index (Phi) is 5.74. The van der Waals surface area contributed by atoms with E-state index < -0.39 is 35.3 Å². The molecule has 144 valence electrons. The molecule has 3 rings (SSSR count). The number of aromatic carboxylic acids is 1. The molecule has 28 heavy (non-hydrogen) atoms. The summed E-state index contributed by atoms with van der Waals surface area (Å²) >= 11 is 12.5. The lowest BCUT2D eigenvalue weighted by Crippen LogP contribution is -2.10. The van der Waals surface area contributed by atoms with Crippen LogP contribution in [0, 0.1) is 0 Å². The van der Waals surface area contributed by atoms with E-state index in [1.165, 1.54) is 17.5 Å². The molecule has 0 fully saturated rings. The zero-order valence-electron chi connectivity index (χ0n) is 13.6. The quantitative estimate of drug-likeness (QED) is 0.378. The summed E-state index contributed by atoms with van der Waals surface area (Å²) in [6, 6.07) is 4.82. The molecule has 10 heteroatoms. The summed E-state index contributed by atoms with van der Waals surface area (Å²) in [5.41, 5.74) is -2.17. The van der Waals surface area contributed by atoms with Gasteiger partial charge in [0, 0.05) is 21.6 Å². The van der Waals surface area contributed by atoms with Crippen LogP contribution in [0.15, 0.2) is 41.7 Å². The van der Waals surface area contributed by atoms with Crippen LogP contribution in [0.1, 0.15) is 26.4 Å². The molecule has 0 saturated carbocycles. The summed E-state index contributed by atoms with van der Waals surface area (Å²) in [4.78, 5) is 27.5. The van der Waals surface area contributed by atoms with Crippen molar-refractivity contribution >= 4 is 62.0 Å². The second kappa shape index (κ2) is 7.90. The lowest BCUT2D eigenvalue weighted by molar-refractivity contribution is 0.0698. The molecular formula is C18H8Cl2F3NO3S. The number of fused-ring (bicyclic) bond motifs is 1. The standard InChI is InChI=1S/C18H8Cl2F3NO3S/c19-8-3-7(4-9(20)5-8)12(17(22)23)13(21)15(25)14-16-10(1-2-28-16)11(6-24-14)18(26)27/h1-6,17H,(H,26,27)/b13-12-. The highest BCUT2D eigenvalue weighted by Gasteiger charge is 2.28. The number of hydrogen-bond donors (Lipinski definition) is 1. The molecule has 0 spiro atoms. The van der Waals surface area contributed by atoms with E-state index in [-0.39, 0.29) is 31.3 Å². The molecule has 0 aliphatic rings. The number of alkyl halides is 2. The Bertz CT molecular complexity index is 1120. The predicted octanol–water partition coefficient (Wildman–Crippen LogP) is 6.13. The number of aromatic nitrogens is 1. The third kappa shape index (κ3) is 3.76. The minimum Gasteiger partial charge on any atom is -0.478 e. The fourth-order valence-electron chi connectivity index (χ4n) is 2.58. The number of Topliss-reactive ketones (excluding diaryl/α,β-unsaturated/α-hetero) is 1. The van der Waals surface area contributed by atoms with E-state index in [2.05, 4.69) is 4.98 Å².